The van der Waals surface area contributed by atoms with E-state index in [-0.39, 0.29) is 36.5 Å². The number of aryl methyl sites for hydroxylation is 3. The summed E-state index contributed by atoms with van der Waals surface area (Å²) in [6.07, 6.45) is 4.86. The van der Waals surface area contributed by atoms with Gasteiger partial charge in [0.25, 0.3) is 0 Å². The van der Waals surface area contributed by atoms with Gasteiger partial charge in [0.15, 0.2) is 9.84 Å². The highest BCUT2D eigenvalue weighted by atomic mass is 32.2. The molecule has 1 fully saturated rings. The topological polar surface area (TPSA) is 89.9 Å². The van der Waals surface area contributed by atoms with Crippen LogP contribution >= 0.6 is 0 Å². The quantitative estimate of drug-likeness (QED) is 0.354. The Morgan fingerprint density at radius 2 is 1.62 bits per heavy atom. The number of aliphatic carboxylic acids is 1. The van der Waals surface area contributed by atoms with Crippen molar-refractivity contribution >= 4 is 15.8 Å². The molecule has 1 aliphatic heterocycles. The van der Waals surface area contributed by atoms with Crippen LogP contribution in [-0.4, -0.2) is 37.1 Å². The van der Waals surface area contributed by atoms with Crippen LogP contribution in [0.5, 0.6) is 11.5 Å². The second kappa shape index (κ2) is 11.8. The van der Waals surface area contributed by atoms with E-state index in [0.29, 0.717) is 37.0 Å². The van der Waals surface area contributed by atoms with Crippen molar-refractivity contribution < 1.29 is 32.2 Å². The lowest BCUT2D eigenvalue weighted by molar-refractivity contribution is -0.137. The zero-order chi connectivity index (χ0) is 27.4. The summed E-state index contributed by atoms with van der Waals surface area (Å²) in [7, 11) is -2.94. The number of ether oxygens (including phenoxy) is 2. The number of carbonyl (C=O) groups is 1. The van der Waals surface area contributed by atoms with Crippen LogP contribution in [0.1, 0.15) is 54.4 Å². The van der Waals surface area contributed by atoms with E-state index in [1.165, 1.54) is 0 Å². The smallest absolute Gasteiger partial charge is 0.303 e. The fourth-order valence-corrected chi connectivity index (χ4v) is 6.79. The van der Waals surface area contributed by atoms with Gasteiger partial charge in [0, 0.05) is 12.0 Å². The van der Waals surface area contributed by atoms with Crippen LogP contribution in [0.25, 0.3) is 11.1 Å². The highest BCUT2D eigenvalue weighted by Crippen LogP contribution is 2.37. The lowest BCUT2D eigenvalue weighted by Crippen LogP contribution is -2.30. The van der Waals surface area contributed by atoms with Gasteiger partial charge in [-0.25, -0.2) is 12.8 Å². The molecule has 1 heterocycles. The molecular weight excluding hydrogens is 519 g/mol. The number of halogens is 1. The van der Waals surface area contributed by atoms with Crippen LogP contribution < -0.4 is 9.47 Å². The van der Waals surface area contributed by atoms with E-state index < -0.39 is 15.8 Å². The van der Waals surface area contributed by atoms with Gasteiger partial charge in [-0.1, -0.05) is 18.2 Å². The van der Waals surface area contributed by atoms with E-state index in [0.717, 1.165) is 52.8 Å². The largest absolute Gasteiger partial charge is 0.490 e. The second-order valence-electron chi connectivity index (χ2n) is 10.4. The molecule has 0 atom stereocenters. The predicted octanol–water partition coefficient (Wildman–Crippen LogP) is 5.92. The molecule has 0 bridgehead atoms. The Labute approximate surface area is 228 Å². The second-order valence-corrected chi connectivity index (χ2v) is 12.7. The Bertz CT molecular complexity index is 1430. The van der Waals surface area contributed by atoms with Crippen LogP contribution in [-0.2, 0) is 40.5 Å². The minimum atomic E-state index is -2.94. The first-order valence-electron chi connectivity index (χ1n) is 13.5. The number of rotatable bonds is 9. The summed E-state index contributed by atoms with van der Waals surface area (Å²) in [5.74, 6) is 0.637. The number of carboxylic acids is 1. The number of hydrogen-bond donors (Lipinski definition) is 1. The molecule has 206 valence electrons. The molecule has 0 unspecified atom stereocenters. The Morgan fingerprint density at radius 1 is 0.923 bits per heavy atom. The summed E-state index contributed by atoms with van der Waals surface area (Å²) in [5.41, 5.74) is 5.71. The van der Waals surface area contributed by atoms with E-state index in [1.54, 1.807) is 6.07 Å². The molecule has 0 aromatic heterocycles. The lowest BCUT2D eigenvalue weighted by Gasteiger charge is -2.24. The van der Waals surface area contributed by atoms with Crippen molar-refractivity contribution in [3.8, 4) is 22.6 Å². The molecule has 0 saturated carbocycles. The number of hydrogen-bond acceptors (Lipinski definition) is 5. The maximum absolute atomic E-state index is 15.0. The van der Waals surface area contributed by atoms with Crippen LogP contribution in [0, 0.1) is 5.82 Å². The Kier molecular flexibility index (Phi) is 8.21. The van der Waals surface area contributed by atoms with Crippen LogP contribution in [0.3, 0.4) is 0 Å². The summed E-state index contributed by atoms with van der Waals surface area (Å²) in [6, 6.07) is 17.0. The third kappa shape index (κ3) is 6.98. The zero-order valence-corrected chi connectivity index (χ0v) is 22.6. The Hall–Kier alpha value is -3.39. The summed E-state index contributed by atoms with van der Waals surface area (Å²) < 4.78 is 50.6. The van der Waals surface area contributed by atoms with E-state index in [4.69, 9.17) is 14.6 Å². The van der Waals surface area contributed by atoms with Gasteiger partial charge in [-0.2, -0.15) is 0 Å². The van der Waals surface area contributed by atoms with Crippen molar-refractivity contribution in [1.29, 1.82) is 0 Å². The summed E-state index contributed by atoms with van der Waals surface area (Å²) in [6.45, 7) is 0.0958. The maximum atomic E-state index is 15.0. The van der Waals surface area contributed by atoms with E-state index in [1.807, 2.05) is 48.5 Å². The fourth-order valence-electron chi connectivity index (χ4n) is 5.35. The van der Waals surface area contributed by atoms with Crippen molar-refractivity contribution in [2.24, 2.45) is 0 Å². The molecule has 0 spiro atoms. The van der Waals surface area contributed by atoms with E-state index >= 15 is 4.39 Å². The number of carboxylic acid groups (broad SMARTS) is 1. The molecule has 3 aromatic rings. The van der Waals surface area contributed by atoms with Gasteiger partial charge in [-0.3, -0.25) is 4.79 Å². The number of sulfone groups is 1. The highest BCUT2D eigenvalue weighted by molar-refractivity contribution is 7.91. The van der Waals surface area contributed by atoms with Gasteiger partial charge in [0.05, 0.1) is 11.5 Å². The molecule has 2 aliphatic rings. The zero-order valence-electron chi connectivity index (χ0n) is 21.8. The Balaban J connectivity index is 1.28. The van der Waals surface area contributed by atoms with E-state index in [9.17, 15) is 13.2 Å². The summed E-state index contributed by atoms with van der Waals surface area (Å²) in [4.78, 5) is 10.7. The first kappa shape index (κ1) is 27.2. The lowest BCUT2D eigenvalue weighted by atomic mass is 9.94. The molecule has 0 radical (unpaired) electrons. The van der Waals surface area contributed by atoms with Crippen molar-refractivity contribution in [3.05, 3.63) is 82.7 Å². The van der Waals surface area contributed by atoms with Gasteiger partial charge in [0.2, 0.25) is 0 Å². The van der Waals surface area contributed by atoms with Crippen LogP contribution in [0.15, 0.2) is 54.6 Å². The molecule has 1 saturated heterocycles. The van der Waals surface area contributed by atoms with Crippen molar-refractivity contribution in [2.45, 2.75) is 64.1 Å². The van der Waals surface area contributed by atoms with Gasteiger partial charge < -0.3 is 14.6 Å². The minimum Gasteiger partial charge on any atom is -0.490 e. The van der Waals surface area contributed by atoms with Crippen LogP contribution in [0.2, 0.25) is 0 Å². The number of fused-ring (bicyclic) bond motifs is 3. The third-order valence-electron chi connectivity index (χ3n) is 7.51. The van der Waals surface area contributed by atoms with Crippen molar-refractivity contribution in [3.63, 3.8) is 0 Å². The molecule has 8 heteroatoms. The molecule has 6 nitrogen and oxygen atoms in total. The van der Waals surface area contributed by atoms with Crippen LogP contribution in [0.4, 0.5) is 4.39 Å². The molecule has 1 aliphatic carbocycles. The molecule has 5 rings (SSSR count). The first-order chi connectivity index (χ1) is 18.8. The van der Waals surface area contributed by atoms with Gasteiger partial charge in [-0.05, 0) is 109 Å². The third-order valence-corrected chi connectivity index (χ3v) is 9.22. The molecule has 3 aromatic carbocycles. The van der Waals surface area contributed by atoms with Gasteiger partial charge >= 0.3 is 5.97 Å². The van der Waals surface area contributed by atoms with Gasteiger partial charge in [-0.15, -0.1) is 0 Å². The molecule has 1 N–H and O–H groups in total. The average molecular weight is 553 g/mol. The highest BCUT2D eigenvalue weighted by Gasteiger charge is 2.25. The normalized spacial score (nSPS) is 16.5. The summed E-state index contributed by atoms with van der Waals surface area (Å²) in [5, 5.41) is 8.79. The molecular formula is C31H33FO6S. The van der Waals surface area contributed by atoms with Crippen molar-refractivity contribution in [2.75, 3.05) is 11.5 Å². The predicted molar refractivity (Wildman–Crippen MR) is 148 cm³/mol. The average Bonchev–Trinajstić information content (AvgIpc) is 3.07. The van der Waals surface area contributed by atoms with Crippen molar-refractivity contribution in [1.82, 2.24) is 0 Å². The number of benzene rings is 3. The van der Waals surface area contributed by atoms with E-state index in [2.05, 4.69) is 0 Å². The summed E-state index contributed by atoms with van der Waals surface area (Å²) >= 11 is 0. The fraction of sp³-hybridized carbons (Fsp3) is 0.387. The maximum Gasteiger partial charge on any atom is 0.303 e. The SMILES string of the molecule is O=C(O)CCCc1ccc(OCc2cc3c(cc2F)CCCc2cc(OC4CCS(=O)(=O)CC4)ccc2-3)cc1. The molecule has 39 heavy (non-hydrogen) atoms. The molecule has 0 amide bonds. The minimum absolute atomic E-state index is 0.0958. The monoisotopic (exact) mass is 552 g/mol. The van der Waals surface area contributed by atoms with Gasteiger partial charge in [0.1, 0.15) is 30.0 Å². The Morgan fingerprint density at radius 3 is 2.33 bits per heavy atom. The standard InChI is InChI=1S/C31H33FO6S/c32-30-19-23-5-2-4-22-17-27(38-26-13-15-39(35,36)16-14-26)11-12-28(22)29(23)18-24(30)20-37-25-9-7-21(8-10-25)3-1-6-31(33)34/h7-12,17-19,26H,1-6,13-16,20H2,(H,33,34). The first-order valence-corrected chi connectivity index (χ1v) is 15.3.